The number of nitrogens with zero attached hydrogens (tertiary/aromatic N) is 3. The van der Waals surface area contributed by atoms with E-state index >= 15 is 0 Å². The zero-order valence-corrected chi connectivity index (χ0v) is 16.0. The van der Waals surface area contributed by atoms with Gasteiger partial charge in [0.15, 0.2) is 0 Å². The Morgan fingerprint density at radius 1 is 1.19 bits per heavy atom. The molecule has 140 valence electrons. The number of rotatable bonds is 4. The number of hydrogen-bond donors (Lipinski definition) is 0. The van der Waals surface area contributed by atoms with E-state index in [0.717, 1.165) is 27.5 Å². The van der Waals surface area contributed by atoms with Gasteiger partial charge < -0.3 is 9.64 Å². The van der Waals surface area contributed by atoms with Gasteiger partial charge in [0.25, 0.3) is 17.7 Å². The van der Waals surface area contributed by atoms with Gasteiger partial charge in [-0.2, -0.15) is 0 Å². The number of aromatic nitrogens is 1. The van der Waals surface area contributed by atoms with Gasteiger partial charge in [-0.3, -0.25) is 24.3 Å². The maximum Gasteiger partial charge on any atom is 0.261 e. The van der Waals surface area contributed by atoms with Crippen molar-refractivity contribution < 1.29 is 19.1 Å². The highest BCUT2D eigenvalue weighted by Crippen LogP contribution is 2.26. The van der Waals surface area contributed by atoms with E-state index in [2.05, 4.69) is 4.98 Å². The molecule has 7 nitrogen and oxygen atoms in total. The molecular weight excluding hydrogens is 346 g/mol. The molecule has 1 aromatic carbocycles. The average molecular weight is 367 g/mol. The zero-order valence-electron chi connectivity index (χ0n) is 16.0. The third-order valence-electron chi connectivity index (χ3n) is 4.82. The molecule has 0 atom stereocenters. The van der Waals surface area contributed by atoms with Crippen LogP contribution in [0.5, 0.6) is 5.75 Å². The Morgan fingerprint density at radius 3 is 2.52 bits per heavy atom. The third-order valence-corrected chi connectivity index (χ3v) is 4.82. The van der Waals surface area contributed by atoms with Gasteiger partial charge in [0.2, 0.25) is 0 Å². The van der Waals surface area contributed by atoms with Crippen molar-refractivity contribution in [3.05, 3.63) is 57.9 Å². The van der Waals surface area contributed by atoms with E-state index in [9.17, 15) is 14.4 Å². The largest absolute Gasteiger partial charge is 0.496 e. The summed E-state index contributed by atoms with van der Waals surface area (Å²) in [5.41, 5.74) is 3.48. The van der Waals surface area contributed by atoms with Gasteiger partial charge in [0.1, 0.15) is 5.75 Å². The van der Waals surface area contributed by atoms with Crippen molar-refractivity contribution in [3.63, 3.8) is 0 Å². The van der Waals surface area contributed by atoms with Crippen LogP contribution in [0.15, 0.2) is 24.4 Å². The van der Waals surface area contributed by atoms with Crippen LogP contribution in [0.25, 0.3) is 0 Å². The molecule has 0 saturated heterocycles. The van der Waals surface area contributed by atoms with Crippen molar-refractivity contribution in [2.75, 3.05) is 21.2 Å². The summed E-state index contributed by atoms with van der Waals surface area (Å²) in [5, 5.41) is 0. The topological polar surface area (TPSA) is 79.8 Å². The molecule has 3 amide bonds. The minimum Gasteiger partial charge on any atom is -0.496 e. The van der Waals surface area contributed by atoms with Gasteiger partial charge >= 0.3 is 0 Å². The highest BCUT2D eigenvalue weighted by Gasteiger charge is 2.33. The molecule has 0 saturated carbocycles. The molecule has 27 heavy (non-hydrogen) atoms. The van der Waals surface area contributed by atoms with Gasteiger partial charge in [0.05, 0.1) is 30.5 Å². The van der Waals surface area contributed by atoms with Crippen LogP contribution in [-0.4, -0.2) is 53.7 Å². The molecule has 2 aromatic rings. The van der Waals surface area contributed by atoms with Crippen LogP contribution in [0.2, 0.25) is 0 Å². The van der Waals surface area contributed by atoms with E-state index in [-0.39, 0.29) is 17.4 Å². The minimum absolute atomic E-state index is 0.256. The van der Waals surface area contributed by atoms with Gasteiger partial charge in [-0.25, -0.2) is 0 Å². The van der Waals surface area contributed by atoms with Crippen molar-refractivity contribution in [1.82, 2.24) is 14.8 Å². The Labute approximate surface area is 157 Å². The molecule has 0 aliphatic carbocycles. The molecule has 1 aliphatic heterocycles. The van der Waals surface area contributed by atoms with Crippen LogP contribution in [0.4, 0.5) is 0 Å². The lowest BCUT2D eigenvalue weighted by molar-refractivity contribution is 0.0692. The highest BCUT2D eigenvalue weighted by molar-refractivity contribution is 6.21. The lowest BCUT2D eigenvalue weighted by atomic mass is 10.0. The molecule has 0 fully saturated rings. The normalized spacial score (nSPS) is 13.0. The fourth-order valence-electron chi connectivity index (χ4n) is 3.24. The van der Waals surface area contributed by atoms with Crippen molar-refractivity contribution in [3.8, 4) is 5.75 Å². The fourth-order valence-corrected chi connectivity index (χ4v) is 3.24. The molecule has 0 radical (unpaired) electrons. The number of aryl methyl sites for hydroxylation is 1. The second-order valence-electron chi connectivity index (χ2n) is 6.64. The van der Waals surface area contributed by atoms with E-state index in [1.165, 1.54) is 24.1 Å². The predicted molar refractivity (Wildman–Crippen MR) is 98.9 cm³/mol. The average Bonchev–Trinajstić information content (AvgIpc) is 2.87. The summed E-state index contributed by atoms with van der Waals surface area (Å²) in [5.74, 6) is -0.249. The SMILES string of the molecule is COc1c(C)cnc(CN(C)C(=O)c2ccc3c(c2)C(=O)N(C)C3=O)c1C. The molecule has 1 aliphatic rings. The Balaban J connectivity index is 1.86. The fraction of sp³-hybridized carbons (Fsp3) is 0.300. The Bertz CT molecular complexity index is 968. The molecule has 0 bridgehead atoms. The van der Waals surface area contributed by atoms with Crippen molar-refractivity contribution in [2.24, 2.45) is 0 Å². The molecule has 0 spiro atoms. The number of methoxy groups -OCH3 is 1. The molecule has 7 heteroatoms. The van der Waals surface area contributed by atoms with E-state index in [4.69, 9.17) is 4.74 Å². The number of imide groups is 1. The molecule has 0 N–H and O–H groups in total. The molecule has 2 heterocycles. The quantitative estimate of drug-likeness (QED) is 0.774. The number of pyridine rings is 1. The summed E-state index contributed by atoms with van der Waals surface area (Å²) in [4.78, 5) is 43.9. The lowest BCUT2D eigenvalue weighted by Crippen LogP contribution is -2.27. The summed E-state index contributed by atoms with van der Waals surface area (Å²) < 4.78 is 5.41. The van der Waals surface area contributed by atoms with Crippen LogP contribution >= 0.6 is 0 Å². The maximum absolute atomic E-state index is 12.8. The Morgan fingerprint density at radius 2 is 1.85 bits per heavy atom. The number of amides is 3. The second-order valence-corrected chi connectivity index (χ2v) is 6.64. The number of ether oxygens (including phenoxy) is 1. The molecule has 3 rings (SSSR count). The Kier molecular flexibility index (Phi) is 4.70. The molecule has 0 unspecified atom stereocenters. The first-order valence-electron chi connectivity index (χ1n) is 8.47. The van der Waals surface area contributed by atoms with Crippen LogP contribution in [0, 0.1) is 13.8 Å². The number of hydrogen-bond acceptors (Lipinski definition) is 5. The van der Waals surface area contributed by atoms with Gasteiger partial charge in [-0.05, 0) is 32.0 Å². The number of fused-ring (bicyclic) bond motifs is 1. The van der Waals surface area contributed by atoms with E-state index < -0.39 is 5.91 Å². The Hall–Kier alpha value is -3.22. The highest BCUT2D eigenvalue weighted by atomic mass is 16.5. The first kappa shape index (κ1) is 18.6. The first-order valence-corrected chi connectivity index (χ1v) is 8.47. The van der Waals surface area contributed by atoms with Gasteiger partial charge in [-0.15, -0.1) is 0 Å². The minimum atomic E-state index is -0.395. The summed E-state index contributed by atoms with van der Waals surface area (Å²) in [6, 6.07) is 4.57. The standard InChI is InChI=1S/C20H21N3O4/c1-11-9-21-16(12(2)17(11)27-5)10-22(3)18(24)13-6-7-14-15(8-13)20(26)23(4)19(14)25/h6-9H,10H2,1-5H3. The number of carbonyl (C=O) groups is 3. The maximum atomic E-state index is 12.8. The van der Waals surface area contributed by atoms with Crippen molar-refractivity contribution in [2.45, 2.75) is 20.4 Å². The van der Waals surface area contributed by atoms with Crippen LogP contribution in [0.3, 0.4) is 0 Å². The van der Waals surface area contributed by atoms with Crippen molar-refractivity contribution >= 4 is 17.7 Å². The van der Waals surface area contributed by atoms with Gasteiger partial charge in [-0.1, -0.05) is 0 Å². The monoisotopic (exact) mass is 367 g/mol. The smallest absolute Gasteiger partial charge is 0.261 e. The lowest BCUT2D eigenvalue weighted by Gasteiger charge is -2.19. The van der Waals surface area contributed by atoms with Crippen LogP contribution < -0.4 is 4.74 Å². The van der Waals surface area contributed by atoms with Crippen LogP contribution in [-0.2, 0) is 6.54 Å². The predicted octanol–water partition coefficient (Wildman–Crippen LogP) is 2.21. The summed E-state index contributed by atoms with van der Waals surface area (Å²) >= 11 is 0. The molecular formula is C20H21N3O4. The van der Waals surface area contributed by atoms with E-state index in [0.29, 0.717) is 17.7 Å². The summed E-state index contributed by atoms with van der Waals surface area (Å²) in [7, 11) is 4.70. The van der Waals surface area contributed by atoms with E-state index in [1.807, 2.05) is 13.8 Å². The van der Waals surface area contributed by atoms with Gasteiger partial charge in [0, 0.05) is 37.0 Å². The zero-order chi connectivity index (χ0) is 19.9. The second kappa shape index (κ2) is 6.83. The summed E-state index contributed by atoms with van der Waals surface area (Å²) in [6.45, 7) is 4.12. The van der Waals surface area contributed by atoms with Crippen molar-refractivity contribution in [1.29, 1.82) is 0 Å². The number of benzene rings is 1. The molecule has 1 aromatic heterocycles. The van der Waals surface area contributed by atoms with E-state index in [1.54, 1.807) is 26.4 Å². The summed E-state index contributed by atoms with van der Waals surface area (Å²) in [6.07, 6.45) is 1.72. The number of carbonyl (C=O) groups excluding carboxylic acids is 3. The third kappa shape index (κ3) is 3.05. The van der Waals surface area contributed by atoms with Crippen LogP contribution in [0.1, 0.15) is 47.9 Å². The first-order chi connectivity index (χ1) is 12.8.